The minimum atomic E-state index is 0. The molecule has 0 fully saturated rings. The first kappa shape index (κ1) is 25.2. The molecule has 4 heteroatoms. The molecule has 0 radical (unpaired) electrons. The minimum Gasteiger partial charge on any atom is -1.00 e. The van der Waals surface area contributed by atoms with Gasteiger partial charge in [-0.05, 0) is 0 Å². The summed E-state index contributed by atoms with van der Waals surface area (Å²) >= 11 is 0. The van der Waals surface area contributed by atoms with Crippen LogP contribution in [-0.4, -0.2) is 0 Å². The molecular formula is C11H17Cl3Zr. The normalized spacial score (nSPS) is 12.1. The number of allylic oxidation sites excluding steroid dienone is 4. The second-order valence-corrected chi connectivity index (χ2v) is 3.13. The SMILES string of the molecule is CCCC1=C(CCC)CC=[C-]1.[Cl-].[Cl-].[Cl-].[Zr+4]. The maximum Gasteiger partial charge on any atom is 4.00 e. The summed E-state index contributed by atoms with van der Waals surface area (Å²) < 4.78 is 0. The Kier molecular flexibility index (Phi) is 25.6. The van der Waals surface area contributed by atoms with Crippen molar-refractivity contribution in [2.24, 2.45) is 0 Å². The van der Waals surface area contributed by atoms with Gasteiger partial charge in [0, 0.05) is 0 Å². The summed E-state index contributed by atoms with van der Waals surface area (Å²) in [5, 5.41) is 0. The maximum atomic E-state index is 3.35. The van der Waals surface area contributed by atoms with Gasteiger partial charge in [-0.15, -0.1) is 0 Å². The zero-order valence-corrected chi connectivity index (χ0v) is 14.0. The summed E-state index contributed by atoms with van der Waals surface area (Å²) in [4.78, 5) is 0. The zero-order valence-electron chi connectivity index (χ0n) is 9.25. The average Bonchev–Trinajstić information content (AvgIpc) is 2.39. The standard InChI is InChI=1S/C11H17.3ClH.Zr/c1-3-6-10-8-5-9-11(10)7-4-2;;;;/h5H,3-4,6-8H2,1-2H3;3*1H;/q-1;;;;+4/p-3. The molecule has 0 nitrogen and oxygen atoms in total. The van der Waals surface area contributed by atoms with E-state index in [2.05, 4.69) is 26.0 Å². The predicted molar refractivity (Wildman–Crippen MR) is 49.3 cm³/mol. The van der Waals surface area contributed by atoms with Gasteiger partial charge < -0.3 is 37.2 Å². The van der Waals surface area contributed by atoms with E-state index in [0.29, 0.717) is 0 Å². The Morgan fingerprint density at radius 3 is 2.07 bits per heavy atom. The average molecular weight is 347 g/mol. The Labute approximate surface area is 132 Å². The van der Waals surface area contributed by atoms with E-state index in [-0.39, 0.29) is 63.4 Å². The molecule has 15 heavy (non-hydrogen) atoms. The third-order valence-corrected chi connectivity index (χ3v) is 2.10. The molecule has 0 atom stereocenters. The van der Waals surface area contributed by atoms with Crippen molar-refractivity contribution in [2.75, 3.05) is 0 Å². The van der Waals surface area contributed by atoms with Crippen LogP contribution >= 0.6 is 0 Å². The number of halogens is 3. The molecule has 1 aliphatic rings. The molecule has 86 valence electrons. The quantitative estimate of drug-likeness (QED) is 0.446. The van der Waals surface area contributed by atoms with Crippen LogP contribution in [0.15, 0.2) is 17.2 Å². The van der Waals surface area contributed by atoms with Gasteiger partial charge in [0.25, 0.3) is 0 Å². The van der Waals surface area contributed by atoms with Crippen molar-refractivity contribution in [1.29, 1.82) is 0 Å². The van der Waals surface area contributed by atoms with Crippen LogP contribution in [0.25, 0.3) is 0 Å². The van der Waals surface area contributed by atoms with E-state index in [9.17, 15) is 0 Å². The summed E-state index contributed by atoms with van der Waals surface area (Å²) in [7, 11) is 0. The van der Waals surface area contributed by atoms with E-state index in [4.69, 9.17) is 0 Å². The van der Waals surface area contributed by atoms with Crippen molar-refractivity contribution in [3.63, 3.8) is 0 Å². The van der Waals surface area contributed by atoms with Crippen molar-refractivity contribution in [3.8, 4) is 0 Å². The summed E-state index contributed by atoms with van der Waals surface area (Å²) in [6.07, 6.45) is 11.7. The van der Waals surface area contributed by atoms with Gasteiger partial charge >= 0.3 is 26.2 Å². The van der Waals surface area contributed by atoms with E-state index in [1.54, 1.807) is 5.57 Å². The van der Waals surface area contributed by atoms with Crippen molar-refractivity contribution < 1.29 is 63.4 Å². The first-order valence-electron chi connectivity index (χ1n) is 4.67. The number of rotatable bonds is 4. The molecule has 0 spiro atoms. The summed E-state index contributed by atoms with van der Waals surface area (Å²) in [5.41, 5.74) is 3.13. The summed E-state index contributed by atoms with van der Waals surface area (Å²) in [6, 6.07) is 0. The topological polar surface area (TPSA) is 0 Å². The first-order valence-corrected chi connectivity index (χ1v) is 4.67. The van der Waals surface area contributed by atoms with Crippen molar-refractivity contribution in [1.82, 2.24) is 0 Å². The zero-order chi connectivity index (χ0) is 8.10. The van der Waals surface area contributed by atoms with Crippen LogP contribution in [0, 0.1) is 6.08 Å². The molecule has 1 rings (SSSR count). The second-order valence-electron chi connectivity index (χ2n) is 3.13. The molecule has 0 N–H and O–H groups in total. The molecule has 0 aliphatic heterocycles. The monoisotopic (exact) mass is 344 g/mol. The Hall–Kier alpha value is 1.23. The Bertz CT molecular complexity index is 188. The van der Waals surface area contributed by atoms with E-state index < -0.39 is 0 Å². The van der Waals surface area contributed by atoms with Crippen LogP contribution in [0.1, 0.15) is 46.0 Å². The molecular weight excluding hydrogens is 330 g/mol. The molecule has 0 saturated carbocycles. The Morgan fingerprint density at radius 1 is 1.07 bits per heavy atom. The van der Waals surface area contributed by atoms with Gasteiger partial charge in [0.2, 0.25) is 0 Å². The van der Waals surface area contributed by atoms with E-state index in [1.165, 1.54) is 37.7 Å². The fourth-order valence-corrected chi connectivity index (χ4v) is 1.58. The molecule has 0 bridgehead atoms. The third kappa shape index (κ3) is 8.98. The largest absolute Gasteiger partial charge is 4.00 e. The van der Waals surface area contributed by atoms with Crippen LogP contribution in [0.5, 0.6) is 0 Å². The molecule has 0 amide bonds. The molecule has 0 aromatic carbocycles. The number of hydrogen-bond acceptors (Lipinski definition) is 0. The van der Waals surface area contributed by atoms with Crippen molar-refractivity contribution in [3.05, 3.63) is 23.3 Å². The van der Waals surface area contributed by atoms with Crippen LogP contribution in [0.2, 0.25) is 0 Å². The number of hydrogen-bond donors (Lipinski definition) is 0. The van der Waals surface area contributed by atoms with Crippen molar-refractivity contribution >= 4 is 0 Å². The van der Waals surface area contributed by atoms with E-state index in [1.807, 2.05) is 0 Å². The van der Waals surface area contributed by atoms with Gasteiger partial charge in [-0.25, -0.2) is 11.1 Å². The van der Waals surface area contributed by atoms with Gasteiger partial charge in [0.05, 0.1) is 0 Å². The fraction of sp³-hybridized carbons (Fsp3) is 0.636. The van der Waals surface area contributed by atoms with Crippen LogP contribution < -0.4 is 37.2 Å². The molecule has 0 unspecified atom stereocenters. The Balaban J connectivity index is -0.000000151. The van der Waals surface area contributed by atoms with Crippen LogP contribution in [0.4, 0.5) is 0 Å². The van der Waals surface area contributed by atoms with Gasteiger partial charge in [-0.3, -0.25) is 6.08 Å². The molecule has 0 aromatic heterocycles. The molecule has 0 heterocycles. The van der Waals surface area contributed by atoms with Crippen molar-refractivity contribution in [2.45, 2.75) is 46.0 Å². The third-order valence-electron chi connectivity index (χ3n) is 2.10. The summed E-state index contributed by atoms with van der Waals surface area (Å²) in [5.74, 6) is 0. The van der Waals surface area contributed by atoms with Gasteiger partial charge in [0.1, 0.15) is 0 Å². The van der Waals surface area contributed by atoms with E-state index in [0.717, 1.165) is 0 Å². The predicted octanol–water partition coefficient (Wildman–Crippen LogP) is -5.34. The van der Waals surface area contributed by atoms with Crippen LogP contribution in [-0.2, 0) is 26.2 Å². The Morgan fingerprint density at radius 2 is 1.60 bits per heavy atom. The van der Waals surface area contributed by atoms with Crippen LogP contribution in [0.3, 0.4) is 0 Å². The first-order chi connectivity index (χ1) is 5.38. The molecule has 0 saturated heterocycles. The minimum absolute atomic E-state index is 0. The second kappa shape index (κ2) is 15.2. The smallest absolute Gasteiger partial charge is 1.00 e. The maximum absolute atomic E-state index is 3.35. The molecule has 1 aliphatic carbocycles. The van der Waals surface area contributed by atoms with Gasteiger partial charge in [-0.2, -0.15) is 6.08 Å². The summed E-state index contributed by atoms with van der Waals surface area (Å²) in [6.45, 7) is 4.48. The fourth-order valence-electron chi connectivity index (χ4n) is 1.58. The van der Waals surface area contributed by atoms with Gasteiger partial charge in [-0.1, -0.05) is 46.0 Å². The van der Waals surface area contributed by atoms with Gasteiger partial charge in [0.15, 0.2) is 0 Å². The molecule has 0 aromatic rings. The van der Waals surface area contributed by atoms with E-state index >= 15 is 0 Å².